The van der Waals surface area contributed by atoms with Crippen LogP contribution in [-0.2, 0) is 20.2 Å². The Balaban J connectivity index is 1.71. The van der Waals surface area contributed by atoms with Crippen LogP contribution in [0.3, 0.4) is 0 Å². The predicted octanol–water partition coefficient (Wildman–Crippen LogP) is 8.12. The molecule has 5 aromatic rings. The molecule has 0 atom stereocenters. The van der Waals surface area contributed by atoms with Crippen molar-refractivity contribution in [3.8, 4) is 23.0 Å². The van der Waals surface area contributed by atoms with Gasteiger partial charge in [0.15, 0.2) is 0 Å². The second-order valence-corrected chi connectivity index (χ2v) is 15.3. The SMILES string of the molecule is COc1cc(C)c(Nc2ccc(C(c3ccc(Nc4c(C)cc(OC)cc4C)cc3OC)c3ccc(S(=O)(=O)O)cc3S(=O)(=O)O)c(OC)c2)c(C)c1. The average Bonchev–Trinajstić information content (AvgIpc) is 3.11. The molecule has 0 aromatic heterocycles. The van der Waals surface area contributed by atoms with Gasteiger partial charge in [0, 0.05) is 51.9 Å². The number of anilines is 4. The zero-order chi connectivity index (χ0) is 38.8. The quantitative estimate of drug-likeness (QED) is 0.0672. The molecule has 0 amide bonds. The molecule has 5 aromatic carbocycles. The van der Waals surface area contributed by atoms with Gasteiger partial charge in [0.1, 0.15) is 23.0 Å². The fourth-order valence-corrected chi connectivity index (χ4v) is 7.80. The molecule has 0 aliphatic heterocycles. The molecule has 0 fully saturated rings. The Kier molecular flexibility index (Phi) is 11.3. The third-order valence-electron chi connectivity index (χ3n) is 8.98. The number of ether oxygens (including phenoxy) is 4. The number of hydrogen-bond acceptors (Lipinski definition) is 10. The highest BCUT2D eigenvalue weighted by molar-refractivity contribution is 7.86. The number of rotatable bonds is 13. The van der Waals surface area contributed by atoms with Crippen molar-refractivity contribution < 1.29 is 44.9 Å². The van der Waals surface area contributed by atoms with Crippen molar-refractivity contribution in [3.05, 3.63) is 118 Å². The summed E-state index contributed by atoms with van der Waals surface area (Å²) in [6, 6.07) is 21.3. The number of methoxy groups -OCH3 is 4. The maximum Gasteiger partial charge on any atom is 0.294 e. The molecule has 0 saturated carbocycles. The van der Waals surface area contributed by atoms with E-state index in [0.717, 1.165) is 57.3 Å². The van der Waals surface area contributed by atoms with Crippen LogP contribution < -0.4 is 29.6 Å². The van der Waals surface area contributed by atoms with E-state index in [4.69, 9.17) is 18.9 Å². The minimum Gasteiger partial charge on any atom is -0.497 e. The summed E-state index contributed by atoms with van der Waals surface area (Å²) in [5, 5.41) is 6.87. The number of nitrogens with one attached hydrogen (secondary N) is 2. The fraction of sp³-hybridized carbons (Fsp3) is 0.231. The maximum absolute atomic E-state index is 12.9. The molecule has 5 rings (SSSR count). The summed E-state index contributed by atoms with van der Waals surface area (Å²) in [4.78, 5) is -1.43. The Morgan fingerprint density at radius 1 is 0.509 bits per heavy atom. The molecule has 14 heteroatoms. The zero-order valence-corrected chi connectivity index (χ0v) is 32.2. The lowest BCUT2D eigenvalue weighted by Crippen LogP contribution is -2.14. The van der Waals surface area contributed by atoms with Crippen molar-refractivity contribution in [2.75, 3.05) is 39.1 Å². The van der Waals surface area contributed by atoms with Gasteiger partial charge in [-0.1, -0.05) is 18.2 Å². The van der Waals surface area contributed by atoms with Crippen LogP contribution in [0.1, 0.15) is 44.9 Å². The van der Waals surface area contributed by atoms with Crippen LogP contribution in [0.5, 0.6) is 23.0 Å². The van der Waals surface area contributed by atoms with Crippen LogP contribution in [0, 0.1) is 27.7 Å². The van der Waals surface area contributed by atoms with Crippen molar-refractivity contribution in [2.24, 2.45) is 0 Å². The molecule has 0 spiro atoms. The predicted molar refractivity (Wildman–Crippen MR) is 205 cm³/mol. The van der Waals surface area contributed by atoms with E-state index in [2.05, 4.69) is 10.6 Å². The summed E-state index contributed by atoms with van der Waals surface area (Å²) in [7, 11) is -3.73. The lowest BCUT2D eigenvalue weighted by molar-refractivity contribution is 0.402. The standard InChI is InChI=1S/C39H42N2O10S2/c1-22-15-28(48-5)16-23(2)38(22)40-26-9-12-31(34(19-26)50-7)37(33-14-11-30(52(42,43)44)21-36(33)53(45,46)47)32-13-10-27(20-35(32)51-8)41-39-24(3)17-29(49-6)18-25(39)4/h9-21,37,40-41H,1-8H3,(H,42,43,44)(H,45,46,47). The van der Waals surface area contributed by atoms with E-state index in [9.17, 15) is 25.9 Å². The minimum absolute atomic E-state index is 0.00149. The monoisotopic (exact) mass is 762 g/mol. The molecule has 0 saturated heterocycles. The van der Waals surface area contributed by atoms with Crippen molar-refractivity contribution in [3.63, 3.8) is 0 Å². The van der Waals surface area contributed by atoms with Crippen molar-refractivity contribution in [1.29, 1.82) is 0 Å². The van der Waals surface area contributed by atoms with Gasteiger partial charge in [-0.15, -0.1) is 0 Å². The highest BCUT2D eigenvalue weighted by Gasteiger charge is 2.31. The molecule has 4 N–H and O–H groups in total. The zero-order valence-electron chi connectivity index (χ0n) is 30.6. The molecule has 53 heavy (non-hydrogen) atoms. The maximum atomic E-state index is 12.9. The van der Waals surface area contributed by atoms with E-state index in [1.54, 1.807) is 50.6 Å². The smallest absolute Gasteiger partial charge is 0.294 e. The molecule has 0 aliphatic carbocycles. The van der Waals surface area contributed by atoms with Gasteiger partial charge < -0.3 is 29.6 Å². The van der Waals surface area contributed by atoms with Gasteiger partial charge >= 0.3 is 0 Å². The highest BCUT2D eigenvalue weighted by Crippen LogP contribution is 2.46. The van der Waals surface area contributed by atoms with Gasteiger partial charge in [-0.05, 0) is 104 Å². The summed E-state index contributed by atoms with van der Waals surface area (Å²) < 4.78 is 92.8. The molecular weight excluding hydrogens is 721 g/mol. The first-order valence-electron chi connectivity index (χ1n) is 16.3. The van der Waals surface area contributed by atoms with E-state index < -0.39 is 35.9 Å². The minimum atomic E-state index is -5.05. The topological polar surface area (TPSA) is 170 Å². The lowest BCUT2D eigenvalue weighted by Gasteiger charge is -2.26. The Morgan fingerprint density at radius 2 is 0.906 bits per heavy atom. The third kappa shape index (κ3) is 8.36. The second-order valence-electron chi connectivity index (χ2n) is 12.5. The first kappa shape index (κ1) is 38.9. The molecule has 0 radical (unpaired) electrons. The van der Waals surface area contributed by atoms with E-state index in [-0.39, 0.29) is 5.56 Å². The van der Waals surface area contributed by atoms with Gasteiger partial charge in [-0.3, -0.25) is 9.11 Å². The van der Waals surface area contributed by atoms with Crippen molar-refractivity contribution in [1.82, 2.24) is 0 Å². The lowest BCUT2D eigenvalue weighted by atomic mass is 9.83. The molecule has 0 bridgehead atoms. The second kappa shape index (κ2) is 15.4. The molecule has 280 valence electrons. The van der Waals surface area contributed by atoms with Gasteiger partial charge in [0.25, 0.3) is 20.2 Å². The van der Waals surface area contributed by atoms with Crippen LogP contribution in [-0.4, -0.2) is 54.4 Å². The Labute approximate surface area is 310 Å². The van der Waals surface area contributed by atoms with Crippen LogP contribution in [0.2, 0.25) is 0 Å². The highest BCUT2D eigenvalue weighted by atomic mass is 32.2. The summed E-state index contributed by atoms with van der Waals surface area (Å²) in [6.07, 6.45) is 0. The normalized spacial score (nSPS) is 11.7. The first-order valence-corrected chi connectivity index (χ1v) is 19.2. The Bertz CT molecular complexity index is 2250. The van der Waals surface area contributed by atoms with E-state index in [1.165, 1.54) is 20.3 Å². The number of hydrogen-bond donors (Lipinski definition) is 4. The van der Waals surface area contributed by atoms with Crippen LogP contribution in [0.15, 0.2) is 88.7 Å². The van der Waals surface area contributed by atoms with E-state index in [0.29, 0.717) is 34.0 Å². The number of benzene rings is 5. The summed E-state index contributed by atoms with van der Waals surface area (Å²) >= 11 is 0. The van der Waals surface area contributed by atoms with Crippen LogP contribution in [0.25, 0.3) is 0 Å². The van der Waals surface area contributed by atoms with Crippen molar-refractivity contribution >= 4 is 43.0 Å². The molecule has 12 nitrogen and oxygen atoms in total. The van der Waals surface area contributed by atoms with Gasteiger partial charge in [-0.25, -0.2) is 0 Å². The largest absolute Gasteiger partial charge is 0.497 e. The fourth-order valence-electron chi connectivity index (χ4n) is 6.46. The molecular formula is C39H42N2O10S2. The van der Waals surface area contributed by atoms with E-state index in [1.807, 2.05) is 52.0 Å². The van der Waals surface area contributed by atoms with Crippen LogP contribution in [0.4, 0.5) is 22.7 Å². The first-order chi connectivity index (χ1) is 25.0. The molecule has 0 unspecified atom stereocenters. The summed E-state index contributed by atoms with van der Waals surface area (Å²) in [5.41, 5.74) is 7.74. The van der Waals surface area contributed by atoms with Gasteiger partial charge in [0.05, 0.1) is 38.2 Å². The Hall–Kier alpha value is -5.28. The molecule has 0 aliphatic rings. The summed E-state index contributed by atoms with van der Waals surface area (Å²) in [5.74, 6) is 1.13. The van der Waals surface area contributed by atoms with Gasteiger partial charge in [-0.2, -0.15) is 16.8 Å². The average molecular weight is 763 g/mol. The third-order valence-corrected chi connectivity index (χ3v) is 10.7. The van der Waals surface area contributed by atoms with Crippen LogP contribution >= 0.6 is 0 Å². The van der Waals surface area contributed by atoms with E-state index >= 15 is 0 Å². The molecule has 0 heterocycles. The number of aryl methyl sites for hydroxylation is 4. The van der Waals surface area contributed by atoms with Crippen molar-refractivity contribution in [2.45, 2.75) is 43.4 Å². The Morgan fingerprint density at radius 3 is 1.25 bits per heavy atom. The van der Waals surface area contributed by atoms with Gasteiger partial charge in [0.2, 0.25) is 0 Å². The summed E-state index contributed by atoms with van der Waals surface area (Å²) in [6.45, 7) is 7.81.